The predicted molar refractivity (Wildman–Crippen MR) is 79.2 cm³/mol. The van der Waals surface area contributed by atoms with Gasteiger partial charge in [-0.2, -0.15) is 0 Å². The van der Waals surface area contributed by atoms with Gasteiger partial charge in [0.15, 0.2) is 5.78 Å². The lowest BCUT2D eigenvalue weighted by atomic mass is 10.0. The number of benzene rings is 1. The maximum atomic E-state index is 12.2. The van der Waals surface area contributed by atoms with Crippen molar-refractivity contribution in [2.45, 2.75) is 40.3 Å². The van der Waals surface area contributed by atoms with Gasteiger partial charge in [-0.25, -0.2) is 4.79 Å². The average molecular weight is 272 g/mol. The van der Waals surface area contributed by atoms with Crippen LogP contribution in [0.2, 0.25) is 0 Å². The first-order valence-corrected chi connectivity index (χ1v) is 6.89. The van der Waals surface area contributed by atoms with Crippen LogP contribution in [0.3, 0.4) is 0 Å². The minimum Gasteiger partial charge on any atom is -0.299 e. The van der Waals surface area contributed by atoms with E-state index in [0.717, 1.165) is 17.5 Å². The van der Waals surface area contributed by atoms with Gasteiger partial charge in [0.25, 0.3) is 0 Å². The lowest BCUT2D eigenvalue weighted by Gasteiger charge is -2.05. The van der Waals surface area contributed by atoms with Crippen LogP contribution >= 0.6 is 0 Å². The molecule has 0 unspecified atom stereocenters. The molecule has 0 N–H and O–H groups in total. The summed E-state index contributed by atoms with van der Waals surface area (Å²) in [5.41, 5.74) is 2.78. The fraction of sp³-hybridized carbons (Fsp3) is 0.375. The number of aryl methyl sites for hydroxylation is 3. The van der Waals surface area contributed by atoms with Gasteiger partial charge in [-0.15, -0.1) is 0 Å². The van der Waals surface area contributed by atoms with E-state index < -0.39 is 0 Å². The summed E-state index contributed by atoms with van der Waals surface area (Å²) in [4.78, 5) is 24.2. The molecule has 1 aromatic heterocycles. The lowest BCUT2D eigenvalue weighted by molar-refractivity contribution is 0.0970. The number of ketones is 1. The molecular formula is C16H20N2O2. The fourth-order valence-corrected chi connectivity index (χ4v) is 2.15. The van der Waals surface area contributed by atoms with E-state index >= 15 is 0 Å². The van der Waals surface area contributed by atoms with E-state index in [1.165, 1.54) is 4.57 Å². The Labute approximate surface area is 118 Å². The molecule has 4 nitrogen and oxygen atoms in total. The van der Waals surface area contributed by atoms with Crippen LogP contribution in [0.1, 0.15) is 34.8 Å². The third-order valence-corrected chi connectivity index (χ3v) is 3.53. The number of Topliss-reactive ketones (excluding diaryl/α,β-unsaturated/α-hetero) is 1. The molecule has 2 rings (SSSR count). The number of aromatic nitrogens is 2. The van der Waals surface area contributed by atoms with Crippen LogP contribution < -0.4 is 5.69 Å². The van der Waals surface area contributed by atoms with Crippen LogP contribution in [0.25, 0.3) is 0 Å². The number of rotatable bonds is 5. The second kappa shape index (κ2) is 5.90. The summed E-state index contributed by atoms with van der Waals surface area (Å²) in [6.07, 6.45) is 4.31. The van der Waals surface area contributed by atoms with Crippen LogP contribution in [0.5, 0.6) is 0 Å². The van der Waals surface area contributed by atoms with Crippen molar-refractivity contribution >= 4 is 5.78 Å². The van der Waals surface area contributed by atoms with E-state index in [-0.39, 0.29) is 18.0 Å². The van der Waals surface area contributed by atoms with Gasteiger partial charge in [-0.1, -0.05) is 19.1 Å². The first-order valence-electron chi connectivity index (χ1n) is 6.89. The zero-order valence-corrected chi connectivity index (χ0v) is 12.2. The average Bonchev–Trinajstić information content (AvgIpc) is 2.75. The zero-order chi connectivity index (χ0) is 14.7. The first kappa shape index (κ1) is 14.3. The standard InChI is InChI=1S/C16H20N2O2/c1-4-7-17-8-9-18(16(17)20)11-15(19)14-6-5-12(2)13(3)10-14/h5-6,8-10H,4,7,11H2,1-3H3. The van der Waals surface area contributed by atoms with Gasteiger partial charge >= 0.3 is 5.69 Å². The molecule has 0 spiro atoms. The van der Waals surface area contributed by atoms with Crippen LogP contribution in [0.4, 0.5) is 0 Å². The summed E-state index contributed by atoms with van der Waals surface area (Å²) in [7, 11) is 0. The summed E-state index contributed by atoms with van der Waals surface area (Å²) in [6.45, 7) is 6.79. The van der Waals surface area contributed by atoms with Gasteiger partial charge in [0, 0.05) is 24.5 Å². The topological polar surface area (TPSA) is 44.0 Å². The number of nitrogens with zero attached hydrogens (tertiary/aromatic N) is 2. The van der Waals surface area contributed by atoms with Crippen molar-refractivity contribution in [3.05, 3.63) is 57.8 Å². The van der Waals surface area contributed by atoms with Gasteiger partial charge in [0.2, 0.25) is 0 Å². The van der Waals surface area contributed by atoms with E-state index in [1.54, 1.807) is 17.0 Å². The summed E-state index contributed by atoms with van der Waals surface area (Å²) < 4.78 is 3.10. The Hall–Kier alpha value is -2.10. The smallest absolute Gasteiger partial charge is 0.299 e. The third kappa shape index (κ3) is 2.90. The molecule has 0 fully saturated rings. The summed E-state index contributed by atoms with van der Waals surface area (Å²) in [6, 6.07) is 5.64. The molecule has 0 saturated carbocycles. The molecule has 4 heteroatoms. The van der Waals surface area contributed by atoms with Gasteiger partial charge < -0.3 is 0 Å². The Balaban J connectivity index is 2.19. The molecule has 106 valence electrons. The Kier molecular flexibility index (Phi) is 4.23. The van der Waals surface area contributed by atoms with E-state index in [4.69, 9.17) is 0 Å². The molecule has 20 heavy (non-hydrogen) atoms. The van der Waals surface area contributed by atoms with Crippen LogP contribution in [0, 0.1) is 13.8 Å². The van der Waals surface area contributed by atoms with Gasteiger partial charge in [0.1, 0.15) is 0 Å². The lowest BCUT2D eigenvalue weighted by Crippen LogP contribution is -2.26. The van der Waals surface area contributed by atoms with Crippen molar-refractivity contribution in [1.29, 1.82) is 0 Å². The Bertz CT molecular complexity index is 680. The molecule has 0 atom stereocenters. The van der Waals surface area contributed by atoms with Crippen LogP contribution in [0.15, 0.2) is 35.4 Å². The molecule has 1 heterocycles. The fourth-order valence-electron chi connectivity index (χ4n) is 2.15. The Morgan fingerprint density at radius 1 is 1.10 bits per heavy atom. The molecule has 0 bridgehead atoms. The zero-order valence-electron chi connectivity index (χ0n) is 12.2. The van der Waals surface area contributed by atoms with E-state index in [2.05, 4.69) is 0 Å². The van der Waals surface area contributed by atoms with Crippen molar-refractivity contribution in [1.82, 2.24) is 9.13 Å². The SMILES string of the molecule is CCCn1ccn(CC(=O)c2ccc(C)c(C)c2)c1=O. The summed E-state index contributed by atoms with van der Waals surface area (Å²) in [5, 5.41) is 0. The van der Waals surface area contributed by atoms with Gasteiger partial charge in [-0.05, 0) is 37.5 Å². The molecule has 0 aliphatic heterocycles. The minimum absolute atomic E-state index is 0.0375. The van der Waals surface area contributed by atoms with E-state index in [0.29, 0.717) is 12.1 Å². The van der Waals surface area contributed by atoms with Crippen LogP contribution in [-0.4, -0.2) is 14.9 Å². The monoisotopic (exact) mass is 272 g/mol. The Morgan fingerprint density at radius 3 is 2.45 bits per heavy atom. The first-order chi connectivity index (χ1) is 9.52. The molecule has 0 saturated heterocycles. The number of hydrogen-bond donors (Lipinski definition) is 0. The number of carbonyl (C=O) groups excluding carboxylic acids is 1. The molecule has 0 radical (unpaired) electrons. The molecule has 0 aliphatic carbocycles. The maximum Gasteiger partial charge on any atom is 0.328 e. The van der Waals surface area contributed by atoms with Gasteiger partial charge in [0.05, 0.1) is 6.54 Å². The largest absolute Gasteiger partial charge is 0.328 e. The van der Waals surface area contributed by atoms with Crippen molar-refractivity contribution in [2.75, 3.05) is 0 Å². The highest BCUT2D eigenvalue weighted by atomic mass is 16.2. The normalized spacial score (nSPS) is 10.8. The van der Waals surface area contributed by atoms with E-state index in [1.807, 2.05) is 39.0 Å². The summed E-state index contributed by atoms with van der Waals surface area (Å²) in [5.74, 6) is -0.0375. The van der Waals surface area contributed by atoms with Crippen molar-refractivity contribution in [3.8, 4) is 0 Å². The van der Waals surface area contributed by atoms with Gasteiger partial charge in [-0.3, -0.25) is 13.9 Å². The maximum absolute atomic E-state index is 12.2. The minimum atomic E-state index is -0.121. The molecular weight excluding hydrogens is 252 g/mol. The third-order valence-electron chi connectivity index (χ3n) is 3.53. The molecule has 0 aliphatic rings. The van der Waals surface area contributed by atoms with Crippen molar-refractivity contribution in [3.63, 3.8) is 0 Å². The second-order valence-electron chi connectivity index (χ2n) is 5.12. The van der Waals surface area contributed by atoms with Crippen LogP contribution in [-0.2, 0) is 13.1 Å². The molecule has 2 aromatic rings. The number of carbonyl (C=O) groups is 1. The quantitative estimate of drug-likeness (QED) is 0.785. The van der Waals surface area contributed by atoms with Crippen molar-refractivity contribution < 1.29 is 4.79 Å². The highest BCUT2D eigenvalue weighted by Gasteiger charge is 2.10. The molecule has 0 amide bonds. The predicted octanol–water partition coefficient (Wildman–Crippen LogP) is 2.56. The van der Waals surface area contributed by atoms with Crippen molar-refractivity contribution in [2.24, 2.45) is 0 Å². The summed E-state index contributed by atoms with van der Waals surface area (Å²) >= 11 is 0. The highest BCUT2D eigenvalue weighted by Crippen LogP contribution is 2.11. The second-order valence-corrected chi connectivity index (χ2v) is 5.12. The number of imidazole rings is 1. The molecule has 1 aromatic carbocycles. The Morgan fingerprint density at radius 2 is 1.80 bits per heavy atom. The highest BCUT2D eigenvalue weighted by molar-refractivity contribution is 5.96. The van der Waals surface area contributed by atoms with E-state index in [9.17, 15) is 9.59 Å². The number of hydrogen-bond acceptors (Lipinski definition) is 2.